The number of primary amides is 1. The molecule has 0 unspecified atom stereocenters. The van der Waals surface area contributed by atoms with E-state index in [1.807, 2.05) is 30.3 Å². The van der Waals surface area contributed by atoms with E-state index in [0.717, 1.165) is 5.56 Å². The summed E-state index contributed by atoms with van der Waals surface area (Å²) in [6.45, 7) is 11.6. The predicted molar refractivity (Wildman–Crippen MR) is 323 cm³/mol. The van der Waals surface area contributed by atoms with Crippen molar-refractivity contribution in [1.82, 2.24) is 63.8 Å². The first-order chi connectivity index (χ1) is 42.1. The molecule has 0 spiro atoms. The molecule has 2 heterocycles. The van der Waals surface area contributed by atoms with E-state index in [0.29, 0.717) is 19.3 Å². The summed E-state index contributed by atoms with van der Waals surface area (Å²) in [6, 6.07) is -7.57. The highest BCUT2D eigenvalue weighted by Crippen LogP contribution is 2.18. The molecule has 17 atom stereocenters. The standard InChI is InChI=1S/C58H95N15O16/c1-11-28(5)42(70-49(80)36(61-10)22-33-18-16-15-17-19-33)53(84)67-38(25-74)51(82)65-35(20-21-41(59)77)48(79)69-44(30(7)13-3)55(86)71-43(29(6)12-2)54(85)68-39(26-75)52(83)73-46-40(27-76)89-57(88)45(31(8)14-4)72-50(81)37(23-34-24-62-58(60)64-34)66-47(78)32(9)63-56(46)87/h15-19,28-32,34-40,42-46,61,74-76H,11-14,20-27H2,1-10H3,(H2,59,77)(H,63,87)(H,65,82)(H,66,78)(H,67,84)(H,68,85)(H,69,79)(H,70,80)(H,71,86)(H,72,81)(H,73,83)(H3,60,62,64)/t28-,29-,30-,31-,32-,34-,35+,36+,37-,38-,39-,40-,42-,43-,44+,45-,46+/m0/s1. The van der Waals surface area contributed by atoms with Gasteiger partial charge < -0.3 is 95.3 Å². The molecule has 0 saturated carbocycles. The van der Waals surface area contributed by atoms with Crippen molar-refractivity contribution in [2.24, 2.45) is 40.1 Å². The Balaban J connectivity index is 1.87. The number of benzene rings is 1. The van der Waals surface area contributed by atoms with Gasteiger partial charge in [0.25, 0.3) is 0 Å². The number of nitrogens with zero attached hydrogens (tertiary/aromatic N) is 1. The van der Waals surface area contributed by atoms with Gasteiger partial charge in [-0.1, -0.05) is 111 Å². The van der Waals surface area contributed by atoms with Crippen LogP contribution < -0.4 is 75.3 Å². The number of aliphatic hydroxyl groups excluding tert-OH is 3. The van der Waals surface area contributed by atoms with E-state index in [1.165, 1.54) is 6.92 Å². The molecule has 0 aromatic heterocycles. The Morgan fingerprint density at radius 3 is 1.60 bits per heavy atom. The smallest absolute Gasteiger partial charge is 0.329 e. The Labute approximate surface area is 518 Å². The quantitative estimate of drug-likeness (QED) is 0.0292. The molecule has 0 aliphatic carbocycles. The van der Waals surface area contributed by atoms with E-state index in [4.69, 9.17) is 16.2 Å². The first-order valence-electron chi connectivity index (χ1n) is 30.2. The van der Waals surface area contributed by atoms with Crippen LogP contribution in [0.4, 0.5) is 0 Å². The number of nitrogens with one attached hydrogen (secondary N) is 12. The molecule has 31 heteroatoms. The molecule has 19 N–H and O–H groups in total. The zero-order chi connectivity index (χ0) is 66.8. The number of hydrogen-bond donors (Lipinski definition) is 17. The van der Waals surface area contributed by atoms with Crippen LogP contribution in [0.2, 0.25) is 0 Å². The highest BCUT2D eigenvalue weighted by atomic mass is 16.6. The molecule has 498 valence electrons. The largest absolute Gasteiger partial charge is 0.456 e. The first-order valence-corrected chi connectivity index (χ1v) is 30.2. The summed E-state index contributed by atoms with van der Waals surface area (Å²) in [5.41, 5.74) is 12.1. The maximum Gasteiger partial charge on any atom is 0.329 e. The molecule has 0 radical (unpaired) electrons. The van der Waals surface area contributed by atoms with Gasteiger partial charge in [0.05, 0.1) is 38.4 Å². The van der Waals surface area contributed by atoms with E-state index >= 15 is 0 Å². The molecule has 1 aromatic rings. The van der Waals surface area contributed by atoms with Crippen molar-refractivity contribution in [2.75, 3.05) is 33.4 Å². The number of hydrogen-bond acceptors (Lipinski definition) is 20. The van der Waals surface area contributed by atoms with Crippen molar-refractivity contribution in [3.63, 3.8) is 0 Å². The second-order valence-electron chi connectivity index (χ2n) is 22.8. The van der Waals surface area contributed by atoms with Crippen molar-refractivity contribution in [3.05, 3.63) is 35.9 Å². The van der Waals surface area contributed by atoms with Crippen LogP contribution in [-0.2, 0) is 68.7 Å². The average Bonchev–Trinajstić information content (AvgIpc) is 3.41. The third-order valence-corrected chi connectivity index (χ3v) is 16.2. The van der Waals surface area contributed by atoms with Gasteiger partial charge in [0, 0.05) is 6.42 Å². The van der Waals surface area contributed by atoms with E-state index in [-0.39, 0.29) is 31.8 Å². The van der Waals surface area contributed by atoms with Gasteiger partial charge in [-0.25, -0.2) is 4.79 Å². The molecule has 89 heavy (non-hydrogen) atoms. The minimum absolute atomic E-state index is 0.0492. The molecule has 2 aliphatic heterocycles. The van der Waals surface area contributed by atoms with Gasteiger partial charge in [-0.05, 0) is 62.5 Å². The highest BCUT2D eigenvalue weighted by molar-refractivity contribution is 6.00. The van der Waals surface area contributed by atoms with Gasteiger partial charge in [0.2, 0.25) is 65.0 Å². The summed E-state index contributed by atoms with van der Waals surface area (Å²) >= 11 is 0. The number of guanidine groups is 1. The van der Waals surface area contributed by atoms with Crippen LogP contribution >= 0.6 is 0 Å². The van der Waals surface area contributed by atoms with Gasteiger partial charge >= 0.3 is 5.97 Å². The van der Waals surface area contributed by atoms with Gasteiger partial charge in [0.15, 0.2) is 12.1 Å². The first kappa shape index (κ1) is 75.2. The molecular formula is C58H95N15O16. The Hall–Kier alpha value is -8.03. The number of likely N-dealkylation sites (N-methyl/N-ethyl adjacent to an activating group) is 1. The van der Waals surface area contributed by atoms with E-state index in [2.05, 4.69) is 68.8 Å². The van der Waals surface area contributed by atoms with Crippen molar-refractivity contribution < 1.29 is 77.6 Å². The SMILES string of the molecule is CC[C@H](C)[C@H](NC(=O)[C@@H](Cc1ccccc1)NC)C(=O)N[C@@H](CO)C(=O)N[C@H](CCC(N)=O)C(=O)N[C@@H](C(=O)N[C@H](C(=O)N[C@@H](CO)C(=O)N[C@H]1C(=O)N[C@@H](C)C(=O)N[C@@H](C[C@H]2CN=C(N)N2)C(=O)N[C@@H]([C@@H](C)CC)C(=O)O[C@H]1CO)[C@@H](C)CC)[C@@H](C)CC. The molecular weight excluding hydrogens is 1160 g/mol. The lowest BCUT2D eigenvalue weighted by Crippen LogP contribution is -2.64. The zero-order valence-corrected chi connectivity index (χ0v) is 52.4. The van der Waals surface area contributed by atoms with Crippen LogP contribution in [-0.4, -0.2) is 204 Å². The second kappa shape index (κ2) is 37.1. The lowest BCUT2D eigenvalue weighted by atomic mass is 9.94. The average molecular weight is 1260 g/mol. The monoisotopic (exact) mass is 1260 g/mol. The normalized spacial score (nSPS) is 22.6. The molecule has 3 rings (SSSR count). The van der Waals surface area contributed by atoms with E-state index < -0.39 is 206 Å². The number of aliphatic imine (C=N–C) groups is 1. The second-order valence-corrected chi connectivity index (χ2v) is 22.8. The van der Waals surface area contributed by atoms with Crippen molar-refractivity contribution in [1.29, 1.82) is 0 Å². The lowest BCUT2D eigenvalue weighted by molar-refractivity contribution is -0.160. The number of cyclic esters (lactones) is 1. The third kappa shape index (κ3) is 22.8. The zero-order valence-electron chi connectivity index (χ0n) is 52.4. The fraction of sp³-hybridized carbons (Fsp3) is 0.672. The number of amides is 11. The van der Waals surface area contributed by atoms with Gasteiger partial charge in [-0.3, -0.25) is 57.7 Å². The number of esters is 1. The number of carbonyl (C=O) groups is 12. The molecule has 0 bridgehead atoms. The van der Waals surface area contributed by atoms with Crippen LogP contribution in [0.1, 0.15) is 113 Å². The Morgan fingerprint density at radius 2 is 1.12 bits per heavy atom. The maximum atomic E-state index is 14.4. The lowest BCUT2D eigenvalue weighted by Gasteiger charge is -2.32. The van der Waals surface area contributed by atoms with Gasteiger partial charge in [-0.2, -0.15) is 0 Å². The Morgan fingerprint density at radius 1 is 0.629 bits per heavy atom. The highest BCUT2D eigenvalue weighted by Gasteiger charge is 2.42. The molecule has 31 nitrogen and oxygen atoms in total. The topological polar surface area (TPSA) is 484 Å². The fourth-order valence-corrected chi connectivity index (χ4v) is 9.53. The Kier molecular flexibility index (Phi) is 31.3. The number of carbonyl (C=O) groups excluding carboxylic acids is 12. The number of nitrogens with two attached hydrogens (primary N) is 2. The van der Waals surface area contributed by atoms with Crippen LogP contribution in [0.3, 0.4) is 0 Å². The van der Waals surface area contributed by atoms with Crippen molar-refractivity contribution in [3.8, 4) is 0 Å². The minimum Gasteiger partial charge on any atom is -0.456 e. The van der Waals surface area contributed by atoms with Crippen LogP contribution in [0.15, 0.2) is 35.3 Å². The molecule has 2 aliphatic rings. The maximum absolute atomic E-state index is 14.4. The summed E-state index contributed by atoms with van der Waals surface area (Å²) in [5.74, 6) is -13.9. The number of rotatable bonds is 33. The van der Waals surface area contributed by atoms with E-state index in [1.54, 1.807) is 62.4 Å². The molecule has 1 fully saturated rings. The Bertz CT molecular complexity index is 2630. The fourth-order valence-electron chi connectivity index (χ4n) is 9.53. The van der Waals surface area contributed by atoms with Gasteiger partial charge in [0.1, 0.15) is 60.4 Å². The third-order valence-electron chi connectivity index (χ3n) is 16.2. The minimum atomic E-state index is -2.01. The van der Waals surface area contributed by atoms with Crippen LogP contribution in [0.5, 0.6) is 0 Å². The number of ether oxygens (including phenoxy) is 1. The van der Waals surface area contributed by atoms with Crippen molar-refractivity contribution in [2.45, 2.75) is 192 Å². The summed E-state index contributed by atoms with van der Waals surface area (Å²) in [6.07, 6.45) is -1.33. The van der Waals surface area contributed by atoms with Crippen LogP contribution in [0.25, 0.3) is 0 Å². The summed E-state index contributed by atoms with van der Waals surface area (Å²) in [5, 5.41) is 62.5. The molecule has 1 saturated heterocycles. The summed E-state index contributed by atoms with van der Waals surface area (Å²) in [7, 11) is 1.59. The predicted octanol–water partition coefficient (Wildman–Crippen LogP) is -5.29. The summed E-state index contributed by atoms with van der Waals surface area (Å²) in [4.78, 5) is 170. The van der Waals surface area contributed by atoms with E-state index in [9.17, 15) is 72.9 Å². The molecule has 11 amide bonds. The van der Waals surface area contributed by atoms with Crippen LogP contribution in [0, 0.1) is 23.7 Å². The van der Waals surface area contributed by atoms with Gasteiger partial charge in [-0.15, -0.1) is 0 Å². The number of aliphatic hydroxyl groups is 3. The summed E-state index contributed by atoms with van der Waals surface area (Å²) < 4.78 is 5.63. The molecule has 1 aromatic carbocycles. The van der Waals surface area contributed by atoms with Crippen molar-refractivity contribution >= 4 is 76.9 Å².